The number of fused-ring (bicyclic) bond motifs is 2. The van der Waals surface area contributed by atoms with Crippen LogP contribution in [0.15, 0.2) is 28.7 Å². The van der Waals surface area contributed by atoms with E-state index in [-0.39, 0.29) is 5.91 Å². The normalized spacial score (nSPS) is 32.4. The van der Waals surface area contributed by atoms with Gasteiger partial charge in [0.25, 0.3) is 0 Å². The quantitative estimate of drug-likeness (QED) is 0.647. The zero-order valence-electron chi connectivity index (χ0n) is 12.8. The van der Waals surface area contributed by atoms with E-state index < -0.39 is 27.8 Å². The van der Waals surface area contributed by atoms with Crippen molar-refractivity contribution in [1.82, 2.24) is 0 Å². The van der Waals surface area contributed by atoms with Crippen LogP contribution in [-0.2, 0) is 14.4 Å². The molecular weight excluding hydrogens is 346 g/mol. The second-order valence-electron chi connectivity index (χ2n) is 6.98. The van der Waals surface area contributed by atoms with Gasteiger partial charge in [-0.15, -0.1) is 0 Å². The van der Waals surface area contributed by atoms with E-state index in [0.717, 1.165) is 4.47 Å². The van der Waals surface area contributed by atoms with Crippen molar-refractivity contribution in [3.8, 4) is 0 Å². The number of hydrogen-bond donors (Lipinski definition) is 1. The lowest BCUT2D eigenvalue weighted by Gasteiger charge is -2.37. The molecule has 2 aliphatic carbocycles. The Morgan fingerprint density at radius 1 is 1.05 bits per heavy atom. The molecule has 1 aromatic carbocycles. The van der Waals surface area contributed by atoms with E-state index in [1.54, 1.807) is 12.1 Å². The highest BCUT2D eigenvalue weighted by atomic mass is 79.9. The summed E-state index contributed by atoms with van der Waals surface area (Å²) in [5.74, 6) is -1.28. The van der Waals surface area contributed by atoms with Gasteiger partial charge in [-0.3, -0.25) is 14.4 Å². The summed E-state index contributed by atoms with van der Waals surface area (Å²) in [5.41, 5.74) is -2.03. The van der Waals surface area contributed by atoms with Crippen LogP contribution in [0.25, 0.3) is 0 Å². The predicted molar refractivity (Wildman–Crippen MR) is 86.3 cm³/mol. The van der Waals surface area contributed by atoms with Crippen LogP contribution in [0.2, 0.25) is 0 Å². The lowest BCUT2D eigenvalue weighted by atomic mass is 9.64. The number of Topliss-reactive ketones (excluding diaryl/α,β-unsaturated/α-hetero) is 2. The average molecular weight is 364 g/mol. The summed E-state index contributed by atoms with van der Waals surface area (Å²) in [6.07, 6.45) is 1.02. The Balaban J connectivity index is 1.99. The van der Waals surface area contributed by atoms with E-state index in [9.17, 15) is 14.4 Å². The molecule has 1 N–H and O–H groups in total. The molecule has 4 nitrogen and oxygen atoms in total. The van der Waals surface area contributed by atoms with Crippen molar-refractivity contribution in [3.63, 3.8) is 0 Å². The molecule has 2 bridgehead atoms. The molecule has 2 fully saturated rings. The molecule has 0 heterocycles. The van der Waals surface area contributed by atoms with Gasteiger partial charge in [0, 0.05) is 15.6 Å². The first kappa shape index (κ1) is 15.4. The maximum absolute atomic E-state index is 12.9. The monoisotopic (exact) mass is 363 g/mol. The van der Waals surface area contributed by atoms with Crippen molar-refractivity contribution < 1.29 is 14.4 Å². The van der Waals surface area contributed by atoms with Crippen LogP contribution in [0, 0.1) is 16.2 Å². The number of ketones is 2. The summed E-state index contributed by atoms with van der Waals surface area (Å²) in [5, 5.41) is 2.82. The van der Waals surface area contributed by atoms with Crippen LogP contribution >= 0.6 is 15.9 Å². The van der Waals surface area contributed by atoms with E-state index >= 15 is 0 Å². The van der Waals surface area contributed by atoms with Crippen LogP contribution in [-0.4, -0.2) is 17.5 Å². The molecule has 2 aliphatic rings. The van der Waals surface area contributed by atoms with E-state index in [0.29, 0.717) is 18.5 Å². The molecule has 0 unspecified atom stereocenters. The molecule has 0 radical (unpaired) electrons. The number of hydrogen-bond acceptors (Lipinski definition) is 3. The Labute approximate surface area is 137 Å². The lowest BCUT2D eigenvalue weighted by molar-refractivity contribution is -0.147. The fourth-order valence-electron chi connectivity index (χ4n) is 4.04. The third kappa shape index (κ3) is 1.60. The Kier molecular flexibility index (Phi) is 3.16. The molecule has 0 spiro atoms. The van der Waals surface area contributed by atoms with Gasteiger partial charge in [-0.25, -0.2) is 0 Å². The first-order valence-electron chi connectivity index (χ1n) is 7.33. The molecule has 22 heavy (non-hydrogen) atoms. The van der Waals surface area contributed by atoms with Crippen molar-refractivity contribution in [2.24, 2.45) is 16.2 Å². The van der Waals surface area contributed by atoms with Gasteiger partial charge in [0.05, 0.1) is 0 Å². The Hall–Kier alpha value is -1.49. The third-order valence-electron chi connectivity index (χ3n) is 6.03. The summed E-state index contributed by atoms with van der Waals surface area (Å²) in [4.78, 5) is 37.8. The molecule has 0 aliphatic heterocycles. The molecular formula is C17H18BrNO3. The first-order chi connectivity index (χ1) is 10.2. The van der Waals surface area contributed by atoms with Crippen molar-refractivity contribution in [2.45, 2.75) is 33.6 Å². The minimum absolute atomic E-state index is 0.362. The van der Waals surface area contributed by atoms with E-state index in [2.05, 4.69) is 21.2 Å². The number of carbonyl (C=O) groups is 3. The molecule has 1 amide bonds. The fraction of sp³-hybridized carbons (Fsp3) is 0.471. The SMILES string of the molecule is CC1(C)[C@]2(C(=O)Nc3ccc(Br)cc3)CC[C@]1(C)C(=O)C2=O. The van der Waals surface area contributed by atoms with Gasteiger partial charge in [-0.2, -0.15) is 0 Å². The Morgan fingerprint density at radius 3 is 2.14 bits per heavy atom. The molecule has 3 rings (SSSR count). The number of nitrogens with one attached hydrogen (secondary N) is 1. The summed E-state index contributed by atoms with van der Waals surface area (Å²) < 4.78 is 0.907. The summed E-state index contributed by atoms with van der Waals surface area (Å²) in [6.45, 7) is 5.54. The van der Waals surface area contributed by atoms with E-state index in [1.165, 1.54) is 0 Å². The molecule has 0 aromatic heterocycles. The van der Waals surface area contributed by atoms with Gasteiger partial charge in [0.2, 0.25) is 17.5 Å². The minimum Gasteiger partial charge on any atom is -0.325 e. The van der Waals surface area contributed by atoms with Crippen molar-refractivity contribution in [3.05, 3.63) is 28.7 Å². The van der Waals surface area contributed by atoms with Crippen LogP contribution in [0.1, 0.15) is 33.6 Å². The Bertz CT molecular complexity index is 694. The van der Waals surface area contributed by atoms with Gasteiger partial charge < -0.3 is 5.32 Å². The maximum Gasteiger partial charge on any atom is 0.239 e. The summed E-state index contributed by atoms with van der Waals surface area (Å²) in [6, 6.07) is 7.17. The second kappa shape index (κ2) is 4.51. The summed E-state index contributed by atoms with van der Waals surface area (Å²) in [7, 11) is 0. The van der Waals surface area contributed by atoms with E-state index in [4.69, 9.17) is 0 Å². The van der Waals surface area contributed by atoms with E-state index in [1.807, 2.05) is 32.9 Å². The largest absolute Gasteiger partial charge is 0.325 e. The zero-order valence-corrected chi connectivity index (χ0v) is 14.4. The number of benzene rings is 1. The highest BCUT2D eigenvalue weighted by Gasteiger charge is 2.77. The number of carbonyl (C=O) groups excluding carboxylic acids is 3. The lowest BCUT2D eigenvalue weighted by Crippen LogP contribution is -2.47. The smallest absolute Gasteiger partial charge is 0.239 e. The minimum atomic E-state index is -1.24. The molecule has 0 saturated heterocycles. The summed E-state index contributed by atoms with van der Waals surface area (Å²) >= 11 is 3.34. The topological polar surface area (TPSA) is 63.2 Å². The number of anilines is 1. The standard InChI is InChI=1S/C17H18BrNO3/c1-15(2)16(3)8-9-17(15,13(21)12(16)20)14(22)19-11-6-4-10(18)5-7-11/h4-7H,8-9H2,1-3H3,(H,19,22)/t16-,17-/m1/s1. The second-order valence-corrected chi connectivity index (χ2v) is 7.90. The molecule has 2 saturated carbocycles. The van der Waals surface area contributed by atoms with Crippen LogP contribution in [0.4, 0.5) is 5.69 Å². The molecule has 1 aromatic rings. The van der Waals surface area contributed by atoms with Gasteiger partial charge in [-0.1, -0.05) is 36.7 Å². The first-order valence-corrected chi connectivity index (χ1v) is 8.12. The highest BCUT2D eigenvalue weighted by molar-refractivity contribution is 9.10. The molecule has 2 atom stereocenters. The van der Waals surface area contributed by atoms with Crippen LogP contribution < -0.4 is 5.32 Å². The van der Waals surface area contributed by atoms with Gasteiger partial charge in [-0.05, 0) is 42.5 Å². The van der Waals surface area contributed by atoms with Crippen molar-refractivity contribution in [2.75, 3.05) is 5.32 Å². The van der Waals surface area contributed by atoms with Crippen LogP contribution in [0.3, 0.4) is 0 Å². The van der Waals surface area contributed by atoms with Gasteiger partial charge >= 0.3 is 0 Å². The third-order valence-corrected chi connectivity index (χ3v) is 6.56. The number of halogens is 1. The molecule has 5 heteroatoms. The Morgan fingerprint density at radius 2 is 1.64 bits per heavy atom. The van der Waals surface area contributed by atoms with Gasteiger partial charge in [0.15, 0.2) is 0 Å². The van der Waals surface area contributed by atoms with Crippen LogP contribution in [0.5, 0.6) is 0 Å². The number of amides is 1. The predicted octanol–water partition coefficient (Wildman–Crippen LogP) is 3.35. The highest BCUT2D eigenvalue weighted by Crippen LogP contribution is 2.69. The maximum atomic E-state index is 12.9. The van der Waals surface area contributed by atoms with Crippen molar-refractivity contribution in [1.29, 1.82) is 0 Å². The van der Waals surface area contributed by atoms with Crippen molar-refractivity contribution >= 4 is 39.1 Å². The number of rotatable bonds is 2. The average Bonchev–Trinajstić information content (AvgIpc) is 2.74. The zero-order chi connectivity index (χ0) is 16.3. The fourth-order valence-corrected chi connectivity index (χ4v) is 4.31. The van der Waals surface area contributed by atoms with Gasteiger partial charge in [0.1, 0.15) is 5.41 Å². The molecule has 116 valence electrons.